The smallest absolute Gasteiger partial charge is 0.254 e. The van der Waals surface area contributed by atoms with E-state index in [0.717, 1.165) is 0 Å². The molecule has 2 aromatic heterocycles. The predicted molar refractivity (Wildman–Crippen MR) is 53.3 cm³/mol. The quantitative estimate of drug-likeness (QED) is 0.806. The van der Waals surface area contributed by atoms with Crippen LogP contribution in [0.2, 0.25) is 0 Å². The number of carbonyl (C=O) groups excluding carboxylic acids is 1. The molecule has 0 fully saturated rings. The van der Waals surface area contributed by atoms with Crippen LogP contribution in [0.3, 0.4) is 0 Å². The fraction of sp³-hybridized carbons (Fsp3) is 0.200. The van der Waals surface area contributed by atoms with Gasteiger partial charge < -0.3 is 14.3 Å². The average molecular weight is 205 g/mol. The van der Waals surface area contributed by atoms with E-state index < -0.39 is 0 Å². The van der Waals surface area contributed by atoms with Crippen molar-refractivity contribution in [1.82, 2.24) is 14.9 Å². The van der Waals surface area contributed by atoms with Gasteiger partial charge >= 0.3 is 0 Å². The molecule has 78 valence electrons. The Morgan fingerprint density at radius 2 is 2.53 bits per heavy atom. The minimum atomic E-state index is -0.121. The van der Waals surface area contributed by atoms with Crippen LogP contribution in [0.5, 0.6) is 0 Å². The summed E-state index contributed by atoms with van der Waals surface area (Å²) in [5.74, 6) is -0.121. The Kier molecular flexibility index (Phi) is 2.82. The van der Waals surface area contributed by atoms with E-state index in [1.54, 1.807) is 18.6 Å². The van der Waals surface area contributed by atoms with Gasteiger partial charge in [-0.3, -0.25) is 4.79 Å². The Morgan fingerprint density at radius 3 is 3.20 bits per heavy atom. The zero-order valence-corrected chi connectivity index (χ0v) is 8.09. The lowest BCUT2D eigenvalue weighted by molar-refractivity contribution is 0.0951. The molecule has 0 bridgehead atoms. The highest BCUT2D eigenvalue weighted by molar-refractivity contribution is 5.93. The second-order valence-electron chi connectivity index (χ2n) is 3.07. The second-order valence-corrected chi connectivity index (χ2v) is 3.07. The van der Waals surface area contributed by atoms with Crippen molar-refractivity contribution in [1.29, 1.82) is 0 Å². The number of hydrogen-bond acceptors (Lipinski definition) is 3. The van der Waals surface area contributed by atoms with Crippen molar-refractivity contribution >= 4 is 5.91 Å². The molecule has 0 saturated heterocycles. The van der Waals surface area contributed by atoms with Gasteiger partial charge in [0.05, 0.1) is 18.2 Å². The molecule has 0 aliphatic carbocycles. The summed E-state index contributed by atoms with van der Waals surface area (Å²) < 4.78 is 6.71. The number of amides is 1. The molecule has 0 saturated carbocycles. The Labute approximate surface area is 86.7 Å². The van der Waals surface area contributed by atoms with Crippen LogP contribution < -0.4 is 5.32 Å². The highest BCUT2D eigenvalue weighted by Gasteiger charge is 2.04. The summed E-state index contributed by atoms with van der Waals surface area (Å²) in [4.78, 5) is 15.3. The third-order valence-electron chi connectivity index (χ3n) is 2.00. The summed E-state index contributed by atoms with van der Waals surface area (Å²) in [5.41, 5.74) is 0.542. The lowest BCUT2D eigenvalue weighted by Crippen LogP contribution is -2.26. The van der Waals surface area contributed by atoms with Gasteiger partial charge in [-0.2, -0.15) is 0 Å². The number of aromatic nitrogens is 2. The predicted octanol–water partition coefficient (Wildman–Crippen LogP) is 0.906. The van der Waals surface area contributed by atoms with E-state index in [9.17, 15) is 4.79 Å². The molecule has 0 aliphatic rings. The van der Waals surface area contributed by atoms with Crippen molar-refractivity contribution in [3.05, 3.63) is 42.9 Å². The van der Waals surface area contributed by atoms with Crippen LogP contribution in [0.4, 0.5) is 0 Å². The van der Waals surface area contributed by atoms with Gasteiger partial charge in [0.15, 0.2) is 0 Å². The van der Waals surface area contributed by atoms with E-state index in [4.69, 9.17) is 4.42 Å². The second kappa shape index (κ2) is 4.45. The summed E-state index contributed by atoms with van der Waals surface area (Å²) in [6, 6.07) is 1.63. The standard InChI is InChI=1S/C10H11N3O2/c14-10(9-1-6-15-7-9)12-3-5-13-4-2-11-8-13/h1-2,4,6-8H,3,5H2,(H,12,14). The van der Waals surface area contributed by atoms with E-state index in [-0.39, 0.29) is 5.91 Å². The Bertz CT molecular complexity index is 406. The number of furan rings is 1. The van der Waals surface area contributed by atoms with Crippen LogP contribution in [-0.4, -0.2) is 22.0 Å². The molecule has 2 aromatic rings. The highest BCUT2D eigenvalue weighted by Crippen LogP contribution is 1.98. The SMILES string of the molecule is O=C(NCCn1ccnc1)c1ccoc1. The first-order valence-corrected chi connectivity index (χ1v) is 4.62. The number of imidazole rings is 1. The van der Waals surface area contributed by atoms with Gasteiger partial charge in [0.2, 0.25) is 0 Å². The molecule has 2 heterocycles. The summed E-state index contributed by atoms with van der Waals surface area (Å²) >= 11 is 0. The van der Waals surface area contributed by atoms with Crippen LogP contribution >= 0.6 is 0 Å². The van der Waals surface area contributed by atoms with E-state index in [2.05, 4.69) is 10.3 Å². The van der Waals surface area contributed by atoms with Gasteiger partial charge in [-0.1, -0.05) is 0 Å². The molecular weight excluding hydrogens is 194 g/mol. The third kappa shape index (κ3) is 2.46. The summed E-state index contributed by atoms with van der Waals surface area (Å²) in [6.07, 6.45) is 8.17. The molecule has 0 spiro atoms. The number of nitrogens with zero attached hydrogens (tertiary/aromatic N) is 2. The summed E-state index contributed by atoms with van der Waals surface area (Å²) in [6.45, 7) is 1.28. The van der Waals surface area contributed by atoms with Crippen LogP contribution in [0.1, 0.15) is 10.4 Å². The number of carbonyl (C=O) groups is 1. The van der Waals surface area contributed by atoms with Gasteiger partial charge in [0.25, 0.3) is 5.91 Å². The maximum atomic E-state index is 11.4. The Hall–Kier alpha value is -2.04. The molecule has 5 heteroatoms. The zero-order valence-electron chi connectivity index (χ0n) is 8.09. The third-order valence-corrected chi connectivity index (χ3v) is 2.00. The molecule has 0 radical (unpaired) electrons. The van der Waals surface area contributed by atoms with E-state index in [0.29, 0.717) is 18.7 Å². The molecule has 15 heavy (non-hydrogen) atoms. The van der Waals surface area contributed by atoms with Crippen molar-refractivity contribution in [3.8, 4) is 0 Å². The molecule has 0 atom stereocenters. The first-order valence-electron chi connectivity index (χ1n) is 4.62. The molecule has 2 rings (SSSR count). The number of rotatable bonds is 4. The number of hydrogen-bond donors (Lipinski definition) is 1. The molecule has 0 aromatic carbocycles. The van der Waals surface area contributed by atoms with Crippen LogP contribution in [-0.2, 0) is 6.54 Å². The lowest BCUT2D eigenvalue weighted by Gasteiger charge is -2.03. The minimum absolute atomic E-state index is 0.121. The van der Waals surface area contributed by atoms with Gasteiger partial charge in [-0.25, -0.2) is 4.98 Å². The Morgan fingerprint density at radius 1 is 1.60 bits per heavy atom. The molecule has 0 aliphatic heterocycles. The largest absolute Gasteiger partial charge is 0.472 e. The fourth-order valence-electron chi connectivity index (χ4n) is 1.21. The topological polar surface area (TPSA) is 60.1 Å². The van der Waals surface area contributed by atoms with Crippen molar-refractivity contribution in [2.75, 3.05) is 6.54 Å². The summed E-state index contributed by atoms with van der Waals surface area (Å²) in [5, 5.41) is 2.78. The molecule has 1 amide bonds. The monoisotopic (exact) mass is 205 g/mol. The van der Waals surface area contributed by atoms with Crippen molar-refractivity contribution < 1.29 is 9.21 Å². The minimum Gasteiger partial charge on any atom is -0.472 e. The highest BCUT2D eigenvalue weighted by atomic mass is 16.3. The van der Waals surface area contributed by atoms with E-state index >= 15 is 0 Å². The summed E-state index contributed by atoms with van der Waals surface area (Å²) in [7, 11) is 0. The lowest BCUT2D eigenvalue weighted by atomic mass is 10.3. The average Bonchev–Trinajstić information content (AvgIpc) is 2.90. The van der Waals surface area contributed by atoms with Gasteiger partial charge in [0, 0.05) is 25.5 Å². The Balaban J connectivity index is 1.77. The van der Waals surface area contributed by atoms with Gasteiger partial charge in [0.1, 0.15) is 6.26 Å². The van der Waals surface area contributed by atoms with Crippen LogP contribution in [0.25, 0.3) is 0 Å². The molecular formula is C10H11N3O2. The molecule has 1 N–H and O–H groups in total. The maximum absolute atomic E-state index is 11.4. The zero-order chi connectivity index (χ0) is 10.5. The van der Waals surface area contributed by atoms with Gasteiger partial charge in [-0.15, -0.1) is 0 Å². The number of nitrogens with one attached hydrogen (secondary N) is 1. The fourth-order valence-corrected chi connectivity index (χ4v) is 1.21. The van der Waals surface area contributed by atoms with Crippen LogP contribution in [0.15, 0.2) is 41.7 Å². The maximum Gasteiger partial charge on any atom is 0.254 e. The van der Waals surface area contributed by atoms with E-state index in [1.165, 1.54) is 12.5 Å². The van der Waals surface area contributed by atoms with Gasteiger partial charge in [-0.05, 0) is 6.07 Å². The normalized spacial score (nSPS) is 10.1. The first-order chi connectivity index (χ1) is 7.36. The van der Waals surface area contributed by atoms with Crippen LogP contribution in [0, 0.1) is 0 Å². The van der Waals surface area contributed by atoms with Crippen molar-refractivity contribution in [2.45, 2.75) is 6.54 Å². The first kappa shape index (κ1) is 9.51. The van der Waals surface area contributed by atoms with Crippen molar-refractivity contribution in [2.24, 2.45) is 0 Å². The molecule has 0 unspecified atom stereocenters. The van der Waals surface area contributed by atoms with E-state index in [1.807, 2.05) is 10.8 Å². The van der Waals surface area contributed by atoms with Crippen molar-refractivity contribution in [3.63, 3.8) is 0 Å². The molecule has 5 nitrogen and oxygen atoms in total.